The molecule has 0 saturated heterocycles. The van der Waals surface area contributed by atoms with Crippen LogP contribution in [-0.4, -0.2) is 17.5 Å². The van der Waals surface area contributed by atoms with Gasteiger partial charge in [-0.05, 0) is 46.3 Å². The molecule has 114 valence electrons. The molecule has 8 heteroatoms. The van der Waals surface area contributed by atoms with Gasteiger partial charge < -0.3 is 9.47 Å². The van der Waals surface area contributed by atoms with Crippen LogP contribution in [0.3, 0.4) is 0 Å². The van der Waals surface area contributed by atoms with Crippen LogP contribution < -0.4 is 9.47 Å². The summed E-state index contributed by atoms with van der Waals surface area (Å²) in [4.78, 5) is 21.6. The summed E-state index contributed by atoms with van der Waals surface area (Å²) in [5.41, 5.74) is -0.105. The normalized spacial score (nSPS) is 10.1. The number of halogens is 2. The molecule has 0 N–H and O–H groups in total. The third-order valence-electron chi connectivity index (χ3n) is 2.52. The second kappa shape index (κ2) is 6.99. The van der Waals surface area contributed by atoms with E-state index in [-0.39, 0.29) is 18.0 Å². The van der Waals surface area contributed by atoms with Crippen LogP contribution in [0.4, 0.5) is 10.1 Å². The third-order valence-corrected chi connectivity index (χ3v) is 3.14. The van der Waals surface area contributed by atoms with Crippen molar-refractivity contribution in [2.75, 3.05) is 6.61 Å². The Morgan fingerprint density at radius 3 is 2.50 bits per heavy atom. The molecule has 0 fully saturated rings. The number of carbonyl (C=O) groups is 1. The van der Waals surface area contributed by atoms with E-state index in [4.69, 9.17) is 9.47 Å². The number of rotatable bonds is 5. The minimum Gasteiger partial charge on any atom is -0.481 e. The second-order valence-electron chi connectivity index (χ2n) is 4.09. The average Bonchev–Trinajstić information content (AvgIpc) is 2.47. The summed E-state index contributed by atoms with van der Waals surface area (Å²) in [6, 6.07) is 8.84. The summed E-state index contributed by atoms with van der Waals surface area (Å²) in [6.45, 7) is -0.388. The summed E-state index contributed by atoms with van der Waals surface area (Å²) in [7, 11) is 0. The Morgan fingerprint density at radius 2 is 1.91 bits per heavy atom. The van der Waals surface area contributed by atoms with E-state index in [9.17, 15) is 19.3 Å². The molecule has 0 atom stereocenters. The molecule has 0 unspecified atom stereocenters. The Morgan fingerprint density at radius 1 is 1.23 bits per heavy atom. The van der Waals surface area contributed by atoms with Gasteiger partial charge in [-0.1, -0.05) is 0 Å². The Bertz CT molecular complexity index is 705. The van der Waals surface area contributed by atoms with Crippen LogP contribution in [0.1, 0.15) is 0 Å². The maximum atomic E-state index is 12.9. The number of hydrogen-bond acceptors (Lipinski definition) is 5. The Hall–Kier alpha value is -2.48. The molecular weight excluding hydrogens is 361 g/mol. The molecule has 0 saturated carbocycles. The largest absolute Gasteiger partial charge is 0.481 e. The number of non-ortho nitro benzene ring substituents is 1. The molecule has 0 radical (unpaired) electrons. The number of benzene rings is 2. The van der Waals surface area contributed by atoms with Gasteiger partial charge in [0.2, 0.25) is 0 Å². The lowest BCUT2D eigenvalue weighted by Gasteiger charge is -2.08. The van der Waals surface area contributed by atoms with Crippen LogP contribution in [0.5, 0.6) is 11.5 Å². The van der Waals surface area contributed by atoms with Crippen LogP contribution in [0.15, 0.2) is 46.9 Å². The van der Waals surface area contributed by atoms with Crippen molar-refractivity contribution < 1.29 is 23.6 Å². The van der Waals surface area contributed by atoms with Gasteiger partial charge in [-0.25, -0.2) is 9.18 Å². The van der Waals surface area contributed by atoms with Crippen molar-refractivity contribution in [3.8, 4) is 11.5 Å². The fraction of sp³-hybridized carbons (Fsp3) is 0.0714. The lowest BCUT2D eigenvalue weighted by atomic mass is 10.3. The van der Waals surface area contributed by atoms with E-state index in [2.05, 4.69) is 15.9 Å². The van der Waals surface area contributed by atoms with Gasteiger partial charge in [0, 0.05) is 12.1 Å². The highest BCUT2D eigenvalue weighted by Gasteiger charge is 2.10. The van der Waals surface area contributed by atoms with Gasteiger partial charge >= 0.3 is 5.97 Å². The van der Waals surface area contributed by atoms with Gasteiger partial charge in [0.1, 0.15) is 17.3 Å². The lowest BCUT2D eigenvalue weighted by Crippen LogP contribution is -2.17. The zero-order valence-electron chi connectivity index (χ0n) is 11.0. The summed E-state index contributed by atoms with van der Waals surface area (Å²) in [5.74, 6) is -0.669. The van der Waals surface area contributed by atoms with E-state index in [0.29, 0.717) is 10.2 Å². The van der Waals surface area contributed by atoms with E-state index in [1.165, 1.54) is 42.5 Å². The van der Waals surface area contributed by atoms with Crippen molar-refractivity contribution in [2.24, 2.45) is 0 Å². The predicted molar refractivity (Wildman–Crippen MR) is 78.3 cm³/mol. The summed E-state index contributed by atoms with van der Waals surface area (Å²) < 4.78 is 23.4. The molecule has 2 rings (SSSR count). The molecule has 0 aliphatic rings. The molecule has 0 heterocycles. The number of hydrogen-bond donors (Lipinski definition) is 0. The molecular formula is C14H9BrFNO5. The number of ether oxygens (including phenoxy) is 2. The lowest BCUT2D eigenvalue weighted by molar-refractivity contribution is -0.384. The molecule has 22 heavy (non-hydrogen) atoms. The molecule has 0 amide bonds. The number of carbonyl (C=O) groups excluding carboxylic acids is 1. The van der Waals surface area contributed by atoms with Gasteiger partial charge in [0.25, 0.3) is 5.69 Å². The van der Waals surface area contributed by atoms with E-state index in [1.807, 2.05) is 0 Å². The standard InChI is InChI=1S/C14H9BrFNO5/c15-12-7-9(16)1-6-13(12)21-8-14(18)22-11-4-2-10(3-5-11)17(19)20/h1-7H,8H2. The quantitative estimate of drug-likeness (QED) is 0.349. The summed E-state index contributed by atoms with van der Waals surface area (Å²) in [6.07, 6.45) is 0. The highest BCUT2D eigenvalue weighted by Crippen LogP contribution is 2.25. The van der Waals surface area contributed by atoms with E-state index >= 15 is 0 Å². The Labute approximate surface area is 132 Å². The van der Waals surface area contributed by atoms with Crippen molar-refractivity contribution in [3.05, 3.63) is 62.9 Å². The highest BCUT2D eigenvalue weighted by molar-refractivity contribution is 9.10. The van der Waals surface area contributed by atoms with Gasteiger partial charge in [-0.15, -0.1) is 0 Å². The maximum Gasteiger partial charge on any atom is 0.349 e. The molecule has 0 bridgehead atoms. The molecule has 6 nitrogen and oxygen atoms in total. The van der Waals surface area contributed by atoms with Crippen molar-refractivity contribution in [3.63, 3.8) is 0 Å². The van der Waals surface area contributed by atoms with Crippen LogP contribution in [-0.2, 0) is 4.79 Å². The van der Waals surface area contributed by atoms with Crippen molar-refractivity contribution >= 4 is 27.6 Å². The van der Waals surface area contributed by atoms with Gasteiger partial charge in [0.15, 0.2) is 6.61 Å². The van der Waals surface area contributed by atoms with Gasteiger partial charge in [0.05, 0.1) is 9.40 Å². The predicted octanol–water partition coefficient (Wildman–Crippen LogP) is 3.48. The van der Waals surface area contributed by atoms with Crippen molar-refractivity contribution in [1.82, 2.24) is 0 Å². The molecule has 0 aliphatic heterocycles. The van der Waals surface area contributed by atoms with Crippen LogP contribution in [0.2, 0.25) is 0 Å². The molecule has 2 aromatic carbocycles. The zero-order chi connectivity index (χ0) is 16.1. The minimum atomic E-state index is -0.690. The monoisotopic (exact) mass is 369 g/mol. The number of nitro groups is 1. The third kappa shape index (κ3) is 4.26. The topological polar surface area (TPSA) is 78.7 Å². The van der Waals surface area contributed by atoms with Crippen LogP contribution in [0.25, 0.3) is 0 Å². The van der Waals surface area contributed by atoms with E-state index < -0.39 is 16.7 Å². The molecule has 0 aliphatic carbocycles. The Kier molecular flexibility index (Phi) is 5.05. The van der Waals surface area contributed by atoms with Crippen LogP contribution >= 0.6 is 15.9 Å². The first kappa shape index (κ1) is 15.9. The molecule has 0 aromatic heterocycles. The van der Waals surface area contributed by atoms with Crippen molar-refractivity contribution in [2.45, 2.75) is 0 Å². The molecule has 2 aromatic rings. The first-order valence-corrected chi connectivity index (χ1v) is 6.78. The van der Waals surface area contributed by atoms with Crippen LogP contribution in [0, 0.1) is 15.9 Å². The SMILES string of the molecule is O=C(COc1ccc(F)cc1Br)Oc1ccc([N+](=O)[O-])cc1. The smallest absolute Gasteiger partial charge is 0.349 e. The van der Waals surface area contributed by atoms with E-state index in [1.54, 1.807) is 0 Å². The zero-order valence-corrected chi connectivity index (χ0v) is 12.6. The fourth-order valence-corrected chi connectivity index (χ4v) is 1.99. The Balaban J connectivity index is 1.91. The van der Waals surface area contributed by atoms with E-state index in [0.717, 1.165) is 0 Å². The van der Waals surface area contributed by atoms with Gasteiger partial charge in [-0.3, -0.25) is 10.1 Å². The van der Waals surface area contributed by atoms with Crippen molar-refractivity contribution in [1.29, 1.82) is 0 Å². The number of esters is 1. The highest BCUT2D eigenvalue weighted by atomic mass is 79.9. The van der Waals surface area contributed by atoms with Gasteiger partial charge in [-0.2, -0.15) is 0 Å². The fourth-order valence-electron chi connectivity index (χ4n) is 1.53. The second-order valence-corrected chi connectivity index (χ2v) is 4.94. The maximum absolute atomic E-state index is 12.9. The molecule has 0 spiro atoms. The minimum absolute atomic E-state index is 0.105. The summed E-state index contributed by atoms with van der Waals surface area (Å²) >= 11 is 3.10. The first-order chi connectivity index (χ1) is 10.5. The first-order valence-electron chi connectivity index (χ1n) is 5.98. The number of nitro benzene ring substituents is 1. The summed E-state index contributed by atoms with van der Waals surface area (Å²) in [5, 5.41) is 10.5. The average molecular weight is 370 g/mol. The number of nitrogens with zero attached hydrogens (tertiary/aromatic N) is 1.